The zero-order valence-corrected chi connectivity index (χ0v) is 22.6. The number of carbonyl (C=O) groups excluding carboxylic acids is 2. The predicted molar refractivity (Wildman–Crippen MR) is 140 cm³/mol. The molecule has 1 aromatic heterocycles. The highest BCUT2D eigenvalue weighted by molar-refractivity contribution is 7.89. The Hall–Kier alpha value is -2.68. The number of hydrogen-bond acceptors (Lipinski definition) is 10. The van der Waals surface area contributed by atoms with E-state index in [4.69, 9.17) is 10.5 Å². The van der Waals surface area contributed by atoms with Crippen molar-refractivity contribution in [2.45, 2.75) is 44.2 Å². The molecule has 3 heterocycles. The van der Waals surface area contributed by atoms with Crippen molar-refractivity contribution in [1.82, 2.24) is 14.2 Å². The van der Waals surface area contributed by atoms with Crippen LogP contribution < -0.4 is 11.1 Å². The van der Waals surface area contributed by atoms with E-state index in [-0.39, 0.29) is 34.5 Å². The summed E-state index contributed by atoms with van der Waals surface area (Å²) in [6.45, 7) is 1.91. The van der Waals surface area contributed by atoms with Crippen LogP contribution in [0.3, 0.4) is 0 Å². The Morgan fingerprint density at radius 3 is 2.53 bits per heavy atom. The van der Waals surface area contributed by atoms with Crippen LogP contribution in [0.15, 0.2) is 18.2 Å². The van der Waals surface area contributed by atoms with Gasteiger partial charge in [-0.1, -0.05) is 17.4 Å². The van der Waals surface area contributed by atoms with Crippen molar-refractivity contribution < 1.29 is 31.5 Å². The van der Waals surface area contributed by atoms with Gasteiger partial charge < -0.3 is 15.8 Å². The standard InChI is InChI=1S/C24H31F2N5O5S2/c1-36-23(33)18-7-3-10-30(18)11-4-14-38(34,35)31-12-8-15(9-13-31)28-24-29-22(27)21(37-24)20(32)19-16(25)5-2-6-17(19)26/h2,5-6,15,18H,3-4,7-14,27H2,1H3,(H,28,29)/t18-/m0/s1. The van der Waals surface area contributed by atoms with Crippen LogP contribution in [0.4, 0.5) is 19.7 Å². The van der Waals surface area contributed by atoms with Gasteiger partial charge in [0.25, 0.3) is 0 Å². The predicted octanol–water partition coefficient (Wildman–Crippen LogP) is 2.47. The molecule has 2 aliphatic rings. The Kier molecular flexibility index (Phi) is 8.96. The van der Waals surface area contributed by atoms with E-state index in [1.165, 1.54) is 17.5 Å². The molecular formula is C24H31F2N5O5S2. The summed E-state index contributed by atoms with van der Waals surface area (Å²) in [5.74, 6) is -3.24. The van der Waals surface area contributed by atoms with Crippen LogP contribution in [-0.4, -0.2) is 85.5 Å². The lowest BCUT2D eigenvalue weighted by Crippen LogP contribution is -2.44. The Morgan fingerprint density at radius 2 is 1.87 bits per heavy atom. The molecule has 2 aliphatic heterocycles. The summed E-state index contributed by atoms with van der Waals surface area (Å²) < 4.78 is 60.2. The summed E-state index contributed by atoms with van der Waals surface area (Å²) in [6.07, 6.45) is 3.06. The second-order valence-electron chi connectivity index (χ2n) is 9.36. The van der Waals surface area contributed by atoms with Crippen LogP contribution in [0, 0.1) is 11.6 Å². The number of benzene rings is 1. The maximum Gasteiger partial charge on any atom is 0.323 e. The van der Waals surface area contributed by atoms with E-state index < -0.39 is 33.0 Å². The summed E-state index contributed by atoms with van der Waals surface area (Å²) in [4.78, 5) is 30.6. The van der Waals surface area contributed by atoms with Crippen LogP contribution in [0.5, 0.6) is 0 Å². The number of ether oxygens (including phenoxy) is 1. The minimum atomic E-state index is -3.45. The van der Waals surface area contributed by atoms with Gasteiger partial charge in [-0.2, -0.15) is 0 Å². The van der Waals surface area contributed by atoms with Gasteiger partial charge in [-0.3, -0.25) is 14.5 Å². The second-order valence-corrected chi connectivity index (χ2v) is 12.5. The monoisotopic (exact) mass is 571 g/mol. The van der Waals surface area contributed by atoms with Gasteiger partial charge in [-0.15, -0.1) is 0 Å². The van der Waals surface area contributed by atoms with E-state index >= 15 is 0 Å². The van der Waals surface area contributed by atoms with Gasteiger partial charge >= 0.3 is 5.97 Å². The molecule has 0 amide bonds. The maximum atomic E-state index is 14.0. The molecule has 1 aromatic carbocycles. The number of nitrogen functional groups attached to an aromatic ring is 1. The Balaban J connectivity index is 1.28. The number of esters is 1. The molecule has 0 radical (unpaired) electrons. The van der Waals surface area contributed by atoms with Gasteiger partial charge in [-0.25, -0.2) is 26.5 Å². The molecule has 4 rings (SSSR count). The summed E-state index contributed by atoms with van der Waals surface area (Å²) in [5, 5.41) is 3.50. The van der Waals surface area contributed by atoms with E-state index in [0.717, 1.165) is 42.9 Å². The largest absolute Gasteiger partial charge is 0.468 e. The molecule has 38 heavy (non-hydrogen) atoms. The number of carbonyl (C=O) groups is 2. The highest BCUT2D eigenvalue weighted by Crippen LogP contribution is 2.31. The van der Waals surface area contributed by atoms with Crippen molar-refractivity contribution in [3.8, 4) is 0 Å². The molecule has 0 bridgehead atoms. The molecule has 0 spiro atoms. The molecule has 2 aromatic rings. The number of nitrogens with one attached hydrogen (secondary N) is 1. The number of sulfonamides is 1. The summed E-state index contributed by atoms with van der Waals surface area (Å²) in [6, 6.07) is 2.77. The van der Waals surface area contributed by atoms with Crippen molar-refractivity contribution in [2.24, 2.45) is 0 Å². The van der Waals surface area contributed by atoms with Gasteiger partial charge in [-0.05, 0) is 50.8 Å². The fourth-order valence-corrected chi connectivity index (χ4v) is 7.34. The van der Waals surface area contributed by atoms with Gasteiger partial charge in [0, 0.05) is 25.7 Å². The number of aromatic nitrogens is 1. The fraction of sp³-hybridized carbons (Fsp3) is 0.542. The topological polar surface area (TPSA) is 135 Å². The van der Waals surface area contributed by atoms with E-state index in [9.17, 15) is 26.8 Å². The van der Waals surface area contributed by atoms with Crippen molar-refractivity contribution in [3.63, 3.8) is 0 Å². The number of nitrogens with two attached hydrogens (primary N) is 1. The molecule has 2 fully saturated rings. The molecule has 14 heteroatoms. The van der Waals surface area contributed by atoms with Crippen molar-refractivity contribution in [1.29, 1.82) is 0 Å². The van der Waals surface area contributed by atoms with Gasteiger partial charge in [0.1, 0.15) is 28.4 Å². The molecule has 1 atom stereocenters. The van der Waals surface area contributed by atoms with Crippen LogP contribution in [0.2, 0.25) is 0 Å². The zero-order chi connectivity index (χ0) is 27.4. The number of ketones is 1. The minimum Gasteiger partial charge on any atom is -0.468 e. The van der Waals surface area contributed by atoms with Crippen LogP contribution in [0.1, 0.15) is 47.3 Å². The minimum absolute atomic E-state index is 0.00339. The van der Waals surface area contributed by atoms with Crippen molar-refractivity contribution >= 4 is 44.1 Å². The number of halogens is 2. The summed E-state index contributed by atoms with van der Waals surface area (Å²) >= 11 is 0.907. The third-order valence-corrected chi connectivity index (χ3v) is 9.87. The number of thiazole rings is 1. The first-order chi connectivity index (χ1) is 18.1. The van der Waals surface area contributed by atoms with E-state index in [0.29, 0.717) is 44.0 Å². The van der Waals surface area contributed by atoms with E-state index in [1.54, 1.807) is 0 Å². The van der Waals surface area contributed by atoms with Gasteiger partial charge in [0.05, 0.1) is 18.4 Å². The number of nitrogens with zero attached hydrogens (tertiary/aromatic N) is 3. The highest BCUT2D eigenvalue weighted by Gasteiger charge is 2.33. The average molecular weight is 572 g/mol. The lowest BCUT2D eigenvalue weighted by molar-refractivity contribution is -0.145. The van der Waals surface area contributed by atoms with Crippen LogP contribution in [-0.2, 0) is 19.6 Å². The smallest absolute Gasteiger partial charge is 0.323 e. The normalized spacial score (nSPS) is 19.5. The molecule has 2 saturated heterocycles. The lowest BCUT2D eigenvalue weighted by Gasteiger charge is -2.31. The second kappa shape index (κ2) is 12.0. The van der Waals surface area contributed by atoms with Crippen molar-refractivity contribution in [3.05, 3.63) is 40.3 Å². The molecule has 0 aliphatic carbocycles. The van der Waals surface area contributed by atoms with Crippen molar-refractivity contribution in [2.75, 3.05) is 50.1 Å². The average Bonchev–Trinajstić information content (AvgIpc) is 3.49. The number of likely N-dealkylation sites (tertiary alicyclic amines) is 1. The molecule has 0 saturated carbocycles. The van der Waals surface area contributed by atoms with E-state index in [2.05, 4.69) is 10.3 Å². The fourth-order valence-electron chi connectivity index (χ4n) is 4.91. The lowest BCUT2D eigenvalue weighted by atomic mass is 10.1. The first kappa shape index (κ1) is 28.3. The Bertz CT molecular complexity index is 1260. The first-order valence-corrected chi connectivity index (χ1v) is 14.8. The number of piperidine rings is 1. The first-order valence-electron chi connectivity index (χ1n) is 12.4. The molecular weight excluding hydrogens is 540 g/mol. The SMILES string of the molecule is COC(=O)[C@@H]1CCCN1CCCS(=O)(=O)N1CCC(Nc2nc(N)c(C(=O)c3c(F)cccc3F)s2)CC1. The number of hydrogen-bond donors (Lipinski definition) is 2. The third-order valence-electron chi connectivity index (χ3n) is 6.91. The highest BCUT2D eigenvalue weighted by atomic mass is 32.2. The van der Waals surface area contributed by atoms with Crippen LogP contribution >= 0.6 is 11.3 Å². The number of methoxy groups -OCH3 is 1. The third kappa shape index (κ3) is 6.30. The van der Waals surface area contributed by atoms with E-state index in [1.807, 2.05) is 4.90 Å². The number of rotatable bonds is 10. The quantitative estimate of drug-likeness (QED) is 0.326. The van der Waals surface area contributed by atoms with Gasteiger partial charge in [0.15, 0.2) is 5.13 Å². The molecule has 208 valence electrons. The number of anilines is 2. The maximum absolute atomic E-state index is 14.0. The molecule has 0 unspecified atom stereocenters. The Morgan fingerprint density at radius 1 is 1.18 bits per heavy atom. The molecule has 10 nitrogen and oxygen atoms in total. The Labute approximate surface area is 224 Å². The van der Waals surface area contributed by atoms with Crippen LogP contribution in [0.25, 0.3) is 0 Å². The molecule has 3 N–H and O–H groups in total. The summed E-state index contributed by atoms with van der Waals surface area (Å²) in [7, 11) is -2.10. The zero-order valence-electron chi connectivity index (χ0n) is 21.0. The van der Waals surface area contributed by atoms with Gasteiger partial charge in [0.2, 0.25) is 15.8 Å². The summed E-state index contributed by atoms with van der Waals surface area (Å²) in [5.41, 5.74) is 5.18.